The minimum atomic E-state index is -0.0106. The molecule has 0 spiro atoms. The monoisotopic (exact) mass is 294 g/mol. The molecule has 1 heteroatoms. The van der Waals surface area contributed by atoms with Gasteiger partial charge < -0.3 is 5.11 Å². The summed E-state index contributed by atoms with van der Waals surface area (Å²) in [6, 6.07) is 0. The van der Waals surface area contributed by atoms with Gasteiger partial charge >= 0.3 is 0 Å². The fourth-order valence-electron chi connectivity index (χ4n) is 4.64. The second-order valence-electron chi connectivity index (χ2n) is 7.81. The van der Waals surface area contributed by atoms with Crippen LogP contribution in [-0.4, -0.2) is 11.2 Å². The van der Waals surface area contributed by atoms with E-state index in [4.69, 9.17) is 0 Å². The highest BCUT2D eigenvalue weighted by molar-refractivity contribution is 4.76. The lowest BCUT2D eigenvalue weighted by Gasteiger charge is -2.31. The van der Waals surface area contributed by atoms with Crippen LogP contribution in [0, 0.1) is 11.8 Å². The fraction of sp³-hybridized carbons (Fsp3) is 1.00. The van der Waals surface area contributed by atoms with Crippen LogP contribution in [-0.2, 0) is 0 Å². The van der Waals surface area contributed by atoms with Crippen LogP contribution in [0.15, 0.2) is 0 Å². The lowest BCUT2D eigenvalue weighted by Crippen LogP contribution is -2.22. The molecule has 1 N–H and O–H groups in total. The van der Waals surface area contributed by atoms with Crippen molar-refractivity contribution in [2.75, 3.05) is 0 Å². The highest BCUT2D eigenvalue weighted by Gasteiger charge is 2.24. The second-order valence-corrected chi connectivity index (χ2v) is 7.81. The highest BCUT2D eigenvalue weighted by atomic mass is 16.3. The maximum Gasteiger partial charge on any atom is 0.0543 e. The standard InChI is InChI=1S/C20H38O/c21-20-16-12-8-7-10-14-18-13-9-5-3-1-2-4-6-11-15-19(18)17-20/h18-21H,1-17H2. The maximum absolute atomic E-state index is 10.4. The van der Waals surface area contributed by atoms with Crippen molar-refractivity contribution in [1.29, 1.82) is 0 Å². The van der Waals surface area contributed by atoms with E-state index in [1.54, 1.807) is 0 Å². The molecule has 0 aliphatic heterocycles. The molecule has 3 atom stereocenters. The topological polar surface area (TPSA) is 20.2 Å². The van der Waals surface area contributed by atoms with Gasteiger partial charge in [-0.25, -0.2) is 0 Å². The van der Waals surface area contributed by atoms with Gasteiger partial charge in [-0.3, -0.25) is 0 Å². The molecule has 0 heterocycles. The van der Waals surface area contributed by atoms with Gasteiger partial charge in [-0.1, -0.05) is 96.3 Å². The van der Waals surface area contributed by atoms with Gasteiger partial charge in [-0.05, 0) is 24.7 Å². The van der Waals surface area contributed by atoms with Gasteiger partial charge in [0.05, 0.1) is 6.10 Å². The van der Waals surface area contributed by atoms with E-state index < -0.39 is 0 Å². The smallest absolute Gasteiger partial charge is 0.0543 e. The predicted molar refractivity (Wildman–Crippen MR) is 91.5 cm³/mol. The fourth-order valence-corrected chi connectivity index (χ4v) is 4.64. The Morgan fingerprint density at radius 3 is 1.33 bits per heavy atom. The van der Waals surface area contributed by atoms with Crippen LogP contribution in [0.4, 0.5) is 0 Å². The summed E-state index contributed by atoms with van der Waals surface area (Å²) in [5.41, 5.74) is 0. The molecule has 0 aromatic heterocycles. The van der Waals surface area contributed by atoms with Crippen LogP contribution >= 0.6 is 0 Å². The molecule has 2 fully saturated rings. The van der Waals surface area contributed by atoms with Crippen molar-refractivity contribution in [2.24, 2.45) is 11.8 Å². The minimum Gasteiger partial charge on any atom is -0.393 e. The van der Waals surface area contributed by atoms with E-state index in [0.717, 1.165) is 24.7 Å². The average Bonchev–Trinajstić information content (AvgIpc) is 2.47. The van der Waals surface area contributed by atoms with Gasteiger partial charge in [-0.2, -0.15) is 0 Å². The highest BCUT2D eigenvalue weighted by Crippen LogP contribution is 2.34. The molecule has 2 saturated carbocycles. The third kappa shape index (κ3) is 7.17. The Morgan fingerprint density at radius 2 is 0.810 bits per heavy atom. The number of fused-ring (bicyclic) bond motifs is 1. The minimum absolute atomic E-state index is 0.0106. The third-order valence-electron chi connectivity index (χ3n) is 6.00. The lowest BCUT2D eigenvalue weighted by molar-refractivity contribution is 0.0979. The summed E-state index contributed by atoms with van der Waals surface area (Å²) in [5, 5.41) is 10.4. The molecule has 21 heavy (non-hydrogen) atoms. The van der Waals surface area contributed by atoms with Gasteiger partial charge in [0, 0.05) is 0 Å². The van der Waals surface area contributed by atoms with E-state index in [2.05, 4.69) is 0 Å². The zero-order chi connectivity index (χ0) is 14.8. The average molecular weight is 295 g/mol. The molecule has 0 aromatic rings. The third-order valence-corrected chi connectivity index (χ3v) is 6.00. The van der Waals surface area contributed by atoms with Crippen molar-refractivity contribution in [2.45, 2.75) is 115 Å². The summed E-state index contributed by atoms with van der Waals surface area (Å²) in [6.45, 7) is 0. The van der Waals surface area contributed by atoms with E-state index in [-0.39, 0.29) is 6.10 Å². The Labute approximate surface area is 132 Å². The molecule has 0 saturated heterocycles. The SMILES string of the molecule is OC1CCCCCCC2CCCCCCCCCCC2C1. The van der Waals surface area contributed by atoms with Gasteiger partial charge in [-0.15, -0.1) is 0 Å². The Bertz CT molecular complexity index is 250. The molecular formula is C20H38O. The van der Waals surface area contributed by atoms with Gasteiger partial charge in [0.2, 0.25) is 0 Å². The van der Waals surface area contributed by atoms with Gasteiger partial charge in [0.1, 0.15) is 0 Å². The number of hydrogen-bond donors (Lipinski definition) is 1. The Kier molecular flexibility index (Phi) is 8.78. The summed E-state index contributed by atoms with van der Waals surface area (Å²) < 4.78 is 0. The predicted octanol–water partition coefficient (Wildman–Crippen LogP) is 6.24. The van der Waals surface area contributed by atoms with E-state index in [1.807, 2.05) is 0 Å². The molecule has 2 aliphatic carbocycles. The van der Waals surface area contributed by atoms with Crippen molar-refractivity contribution in [1.82, 2.24) is 0 Å². The Balaban J connectivity index is 1.93. The zero-order valence-corrected chi connectivity index (χ0v) is 14.2. The number of hydrogen-bond acceptors (Lipinski definition) is 1. The first-order valence-electron chi connectivity index (χ1n) is 10.0. The molecule has 0 amide bonds. The summed E-state index contributed by atoms with van der Waals surface area (Å²) in [5.74, 6) is 1.73. The van der Waals surface area contributed by atoms with E-state index in [0.29, 0.717) is 0 Å². The molecule has 1 nitrogen and oxygen atoms in total. The van der Waals surface area contributed by atoms with Crippen LogP contribution in [0.25, 0.3) is 0 Å². The van der Waals surface area contributed by atoms with E-state index >= 15 is 0 Å². The van der Waals surface area contributed by atoms with Crippen LogP contribution in [0.5, 0.6) is 0 Å². The van der Waals surface area contributed by atoms with E-state index in [1.165, 1.54) is 96.3 Å². The Hall–Kier alpha value is -0.0400. The van der Waals surface area contributed by atoms with Crippen LogP contribution in [0.2, 0.25) is 0 Å². The molecule has 124 valence electrons. The second kappa shape index (κ2) is 10.6. The zero-order valence-electron chi connectivity index (χ0n) is 14.2. The lowest BCUT2D eigenvalue weighted by atomic mass is 9.76. The molecule has 3 unspecified atom stereocenters. The quantitative estimate of drug-likeness (QED) is 0.560. The van der Waals surface area contributed by atoms with Gasteiger partial charge in [0.15, 0.2) is 0 Å². The summed E-state index contributed by atoms with van der Waals surface area (Å²) in [4.78, 5) is 0. The summed E-state index contributed by atoms with van der Waals surface area (Å²) in [6.07, 6.45) is 23.4. The molecule has 0 bridgehead atoms. The van der Waals surface area contributed by atoms with E-state index in [9.17, 15) is 5.11 Å². The first-order valence-corrected chi connectivity index (χ1v) is 10.0. The normalized spacial score (nSPS) is 35.0. The summed E-state index contributed by atoms with van der Waals surface area (Å²) in [7, 11) is 0. The van der Waals surface area contributed by atoms with Crippen LogP contribution < -0.4 is 0 Å². The van der Waals surface area contributed by atoms with Gasteiger partial charge in [0.25, 0.3) is 0 Å². The molecule has 2 rings (SSSR count). The largest absolute Gasteiger partial charge is 0.393 e. The van der Waals surface area contributed by atoms with Crippen molar-refractivity contribution in [3.63, 3.8) is 0 Å². The molecule has 2 aliphatic rings. The van der Waals surface area contributed by atoms with Crippen LogP contribution in [0.3, 0.4) is 0 Å². The number of aliphatic hydroxyl groups is 1. The van der Waals surface area contributed by atoms with Crippen molar-refractivity contribution in [3.05, 3.63) is 0 Å². The Morgan fingerprint density at radius 1 is 0.429 bits per heavy atom. The van der Waals surface area contributed by atoms with Crippen LogP contribution in [0.1, 0.15) is 109 Å². The number of rotatable bonds is 0. The molecule has 0 radical (unpaired) electrons. The van der Waals surface area contributed by atoms with Crippen molar-refractivity contribution >= 4 is 0 Å². The number of aliphatic hydroxyl groups excluding tert-OH is 1. The maximum atomic E-state index is 10.4. The summed E-state index contributed by atoms with van der Waals surface area (Å²) >= 11 is 0. The van der Waals surface area contributed by atoms with Crippen molar-refractivity contribution < 1.29 is 5.11 Å². The molecule has 0 aromatic carbocycles. The molecular weight excluding hydrogens is 256 g/mol. The first kappa shape index (κ1) is 17.3. The van der Waals surface area contributed by atoms with Crippen molar-refractivity contribution in [3.8, 4) is 0 Å². The first-order chi connectivity index (χ1) is 10.4.